The first kappa shape index (κ1) is 16.7. The van der Waals surface area contributed by atoms with Crippen LogP contribution in [0.1, 0.15) is 24.3 Å². The van der Waals surface area contributed by atoms with Gasteiger partial charge in [-0.15, -0.1) is 0 Å². The van der Waals surface area contributed by atoms with Gasteiger partial charge in [-0.2, -0.15) is 0 Å². The standard InChI is InChI=1S/C15H17N3O4S2/c1-8-11-6-10(21-3)4-5-12(11)22-14(8)9(2)18-15-17-7-13(23-15)24(16,19)20/h4-7,9H,1-3H3,(H,17,18)(H2,16,19,20). The molecule has 128 valence electrons. The third-order valence-electron chi connectivity index (χ3n) is 3.68. The quantitative estimate of drug-likeness (QED) is 0.718. The van der Waals surface area contributed by atoms with E-state index in [0.29, 0.717) is 5.13 Å². The molecule has 1 atom stereocenters. The first-order chi connectivity index (χ1) is 11.3. The number of benzene rings is 1. The van der Waals surface area contributed by atoms with Gasteiger partial charge < -0.3 is 14.5 Å². The third-order valence-corrected chi connectivity index (χ3v) is 6.01. The molecule has 0 bridgehead atoms. The van der Waals surface area contributed by atoms with Gasteiger partial charge in [0, 0.05) is 10.9 Å². The molecule has 0 amide bonds. The lowest BCUT2D eigenvalue weighted by molar-refractivity contribution is 0.415. The number of furan rings is 1. The Labute approximate surface area is 143 Å². The molecule has 0 fully saturated rings. The van der Waals surface area contributed by atoms with Gasteiger partial charge in [0.1, 0.15) is 17.1 Å². The van der Waals surface area contributed by atoms with Crippen molar-refractivity contribution in [2.45, 2.75) is 24.1 Å². The van der Waals surface area contributed by atoms with Crippen molar-refractivity contribution in [2.75, 3.05) is 12.4 Å². The molecular weight excluding hydrogens is 350 g/mol. The van der Waals surface area contributed by atoms with Gasteiger partial charge in [0.05, 0.1) is 19.3 Å². The van der Waals surface area contributed by atoms with Gasteiger partial charge in [-0.1, -0.05) is 11.3 Å². The van der Waals surface area contributed by atoms with Crippen molar-refractivity contribution >= 4 is 37.5 Å². The number of fused-ring (bicyclic) bond motifs is 1. The van der Waals surface area contributed by atoms with Gasteiger partial charge in [-0.05, 0) is 32.0 Å². The van der Waals surface area contributed by atoms with Crippen LogP contribution in [0.15, 0.2) is 33.0 Å². The van der Waals surface area contributed by atoms with Gasteiger partial charge in [-0.25, -0.2) is 18.5 Å². The summed E-state index contributed by atoms with van der Waals surface area (Å²) in [6, 6.07) is 5.43. The van der Waals surface area contributed by atoms with Gasteiger partial charge in [0.15, 0.2) is 9.34 Å². The molecule has 7 nitrogen and oxygen atoms in total. The zero-order valence-electron chi connectivity index (χ0n) is 13.4. The molecule has 1 unspecified atom stereocenters. The van der Waals surface area contributed by atoms with E-state index in [2.05, 4.69) is 10.3 Å². The van der Waals surface area contributed by atoms with Crippen LogP contribution in [0, 0.1) is 6.92 Å². The zero-order chi connectivity index (χ0) is 17.5. The summed E-state index contributed by atoms with van der Waals surface area (Å²) in [7, 11) is -2.12. The molecule has 0 saturated carbocycles. The molecule has 0 spiro atoms. The largest absolute Gasteiger partial charge is 0.497 e. The van der Waals surface area contributed by atoms with Crippen LogP contribution in [0.5, 0.6) is 5.75 Å². The average molecular weight is 367 g/mol. The van der Waals surface area contributed by atoms with Gasteiger partial charge in [0.25, 0.3) is 0 Å². The first-order valence-corrected chi connectivity index (χ1v) is 9.48. The van der Waals surface area contributed by atoms with Gasteiger partial charge in [-0.3, -0.25) is 0 Å². The Morgan fingerprint density at radius 3 is 2.79 bits per heavy atom. The first-order valence-electron chi connectivity index (χ1n) is 7.12. The Morgan fingerprint density at radius 1 is 1.42 bits per heavy atom. The van der Waals surface area contributed by atoms with E-state index >= 15 is 0 Å². The fourth-order valence-corrected chi connectivity index (χ4v) is 4.01. The van der Waals surface area contributed by atoms with Crippen molar-refractivity contribution in [1.29, 1.82) is 0 Å². The molecule has 3 aromatic rings. The number of primary sulfonamides is 1. The smallest absolute Gasteiger partial charge is 0.249 e. The summed E-state index contributed by atoms with van der Waals surface area (Å²) in [6.07, 6.45) is 1.24. The number of nitrogens with one attached hydrogen (secondary N) is 1. The lowest BCUT2D eigenvalue weighted by atomic mass is 10.1. The molecule has 0 aliphatic rings. The van der Waals surface area contributed by atoms with Crippen LogP contribution in [0.25, 0.3) is 11.0 Å². The zero-order valence-corrected chi connectivity index (χ0v) is 15.0. The number of ether oxygens (including phenoxy) is 1. The molecule has 24 heavy (non-hydrogen) atoms. The fourth-order valence-electron chi connectivity index (χ4n) is 2.47. The van der Waals surface area contributed by atoms with E-state index in [4.69, 9.17) is 14.3 Å². The summed E-state index contributed by atoms with van der Waals surface area (Å²) < 4.78 is 33.8. The molecule has 1 aromatic carbocycles. The summed E-state index contributed by atoms with van der Waals surface area (Å²) in [6.45, 7) is 3.89. The number of thiazole rings is 1. The number of nitrogens with zero attached hydrogens (tertiary/aromatic N) is 1. The lowest BCUT2D eigenvalue weighted by Gasteiger charge is -2.10. The van der Waals surface area contributed by atoms with E-state index in [0.717, 1.165) is 39.4 Å². The molecule has 0 radical (unpaired) electrons. The van der Waals surface area contributed by atoms with Crippen molar-refractivity contribution < 1.29 is 17.6 Å². The molecule has 3 rings (SSSR count). The van der Waals surface area contributed by atoms with E-state index in [-0.39, 0.29) is 10.3 Å². The molecule has 0 aliphatic heterocycles. The Hall–Kier alpha value is -2.10. The maximum atomic E-state index is 11.3. The second kappa shape index (κ2) is 6.08. The van der Waals surface area contributed by atoms with Crippen molar-refractivity contribution in [3.05, 3.63) is 35.7 Å². The average Bonchev–Trinajstić information content (AvgIpc) is 3.12. The van der Waals surface area contributed by atoms with E-state index < -0.39 is 10.0 Å². The third kappa shape index (κ3) is 3.10. The highest BCUT2D eigenvalue weighted by Gasteiger charge is 2.19. The number of sulfonamides is 1. The summed E-state index contributed by atoms with van der Waals surface area (Å²) in [4.78, 5) is 4.05. The maximum Gasteiger partial charge on any atom is 0.249 e. The van der Waals surface area contributed by atoms with E-state index in [1.807, 2.05) is 32.0 Å². The summed E-state index contributed by atoms with van der Waals surface area (Å²) in [5.41, 5.74) is 1.76. The predicted molar refractivity (Wildman–Crippen MR) is 93.0 cm³/mol. The number of methoxy groups -OCH3 is 1. The van der Waals surface area contributed by atoms with Crippen LogP contribution in [-0.4, -0.2) is 20.5 Å². The second-order valence-corrected chi connectivity index (χ2v) is 8.17. The Balaban J connectivity index is 1.90. The van der Waals surface area contributed by atoms with Crippen molar-refractivity contribution in [3.8, 4) is 5.75 Å². The number of hydrogen-bond acceptors (Lipinski definition) is 7. The van der Waals surface area contributed by atoms with E-state index in [1.54, 1.807) is 7.11 Å². The molecule has 3 N–H and O–H groups in total. The van der Waals surface area contributed by atoms with Crippen molar-refractivity contribution in [1.82, 2.24) is 4.98 Å². The molecular formula is C15H17N3O4S2. The highest BCUT2D eigenvalue weighted by molar-refractivity contribution is 7.91. The maximum absolute atomic E-state index is 11.3. The van der Waals surface area contributed by atoms with Crippen molar-refractivity contribution in [3.63, 3.8) is 0 Å². The molecule has 2 heterocycles. The summed E-state index contributed by atoms with van der Waals surface area (Å²) in [5, 5.41) is 9.68. The van der Waals surface area contributed by atoms with E-state index in [9.17, 15) is 8.42 Å². The number of aryl methyl sites for hydroxylation is 1. The monoisotopic (exact) mass is 367 g/mol. The van der Waals surface area contributed by atoms with Crippen LogP contribution in [0.3, 0.4) is 0 Å². The number of nitrogens with two attached hydrogens (primary N) is 1. The molecule has 9 heteroatoms. The SMILES string of the molecule is COc1ccc2oc(C(C)Nc3ncc(S(N)(=O)=O)s3)c(C)c2c1. The number of rotatable bonds is 5. The molecule has 2 aromatic heterocycles. The van der Waals surface area contributed by atoms with Crippen LogP contribution in [-0.2, 0) is 10.0 Å². The normalized spacial score (nSPS) is 13.2. The van der Waals surface area contributed by atoms with Crippen LogP contribution >= 0.6 is 11.3 Å². The summed E-state index contributed by atoms with van der Waals surface area (Å²) in [5.74, 6) is 1.52. The highest BCUT2D eigenvalue weighted by atomic mass is 32.2. The van der Waals surface area contributed by atoms with Crippen LogP contribution in [0.2, 0.25) is 0 Å². The summed E-state index contributed by atoms with van der Waals surface area (Å²) >= 11 is 0.985. The minimum atomic E-state index is -3.74. The second-order valence-electron chi connectivity index (χ2n) is 5.35. The van der Waals surface area contributed by atoms with E-state index in [1.165, 1.54) is 6.20 Å². The highest BCUT2D eigenvalue weighted by Crippen LogP contribution is 2.34. The Kier molecular flexibility index (Phi) is 4.24. The Bertz CT molecular complexity index is 991. The number of hydrogen-bond donors (Lipinski definition) is 2. The molecule has 0 aliphatic carbocycles. The van der Waals surface area contributed by atoms with Gasteiger partial charge in [0.2, 0.25) is 10.0 Å². The minimum Gasteiger partial charge on any atom is -0.497 e. The van der Waals surface area contributed by atoms with Crippen molar-refractivity contribution in [2.24, 2.45) is 5.14 Å². The van der Waals surface area contributed by atoms with Gasteiger partial charge >= 0.3 is 0 Å². The van der Waals surface area contributed by atoms with Crippen LogP contribution in [0.4, 0.5) is 5.13 Å². The lowest BCUT2D eigenvalue weighted by Crippen LogP contribution is -2.10. The topological polar surface area (TPSA) is 107 Å². The number of anilines is 1. The molecule has 0 saturated heterocycles. The minimum absolute atomic E-state index is 0.0169. The fraction of sp³-hybridized carbons (Fsp3) is 0.267. The predicted octanol–water partition coefficient (Wildman–Crippen LogP) is 3.03. The number of aromatic nitrogens is 1. The Morgan fingerprint density at radius 2 is 2.17 bits per heavy atom. The van der Waals surface area contributed by atoms with Crippen LogP contribution < -0.4 is 15.2 Å².